The first-order valence-electron chi connectivity index (χ1n) is 6.72. The van der Waals surface area contributed by atoms with Crippen molar-refractivity contribution in [1.82, 2.24) is 9.97 Å². The Hall–Kier alpha value is -1.58. The standard InChI is InChI=1S/C14H16F2N4OS2/c1-22-20-13-7-12(17-4-5-21)18-14(19-13)23-8-9-2-3-10(15)11(16)6-9/h2-3,6-7,21H,4-5,8H2,1H3,(H2,17,18,19,20). The number of rotatable bonds is 8. The van der Waals surface area contributed by atoms with Crippen molar-refractivity contribution in [2.45, 2.75) is 10.9 Å². The normalized spacial score (nSPS) is 10.6. The fraction of sp³-hybridized carbons (Fsp3) is 0.286. The lowest BCUT2D eigenvalue weighted by Crippen LogP contribution is -2.08. The number of aliphatic hydroxyl groups excluding tert-OH is 1. The van der Waals surface area contributed by atoms with Gasteiger partial charge >= 0.3 is 0 Å². The van der Waals surface area contributed by atoms with Crippen molar-refractivity contribution < 1.29 is 13.9 Å². The quantitative estimate of drug-likeness (QED) is 0.380. The van der Waals surface area contributed by atoms with Crippen LogP contribution in [0.5, 0.6) is 0 Å². The number of thioether (sulfide) groups is 1. The molecule has 0 unspecified atom stereocenters. The molecule has 0 amide bonds. The maximum absolute atomic E-state index is 13.2. The monoisotopic (exact) mass is 358 g/mol. The number of anilines is 2. The Morgan fingerprint density at radius 1 is 1.13 bits per heavy atom. The Bertz CT molecular complexity index is 661. The van der Waals surface area contributed by atoms with Crippen molar-refractivity contribution in [3.05, 3.63) is 41.5 Å². The molecule has 9 heteroatoms. The predicted octanol–water partition coefficient (Wildman–Crippen LogP) is 3.14. The van der Waals surface area contributed by atoms with Crippen LogP contribution in [0.2, 0.25) is 0 Å². The molecule has 5 nitrogen and oxygen atoms in total. The molecule has 0 saturated carbocycles. The maximum atomic E-state index is 13.2. The predicted molar refractivity (Wildman–Crippen MR) is 90.7 cm³/mol. The van der Waals surface area contributed by atoms with Gasteiger partial charge in [0.05, 0.1) is 6.61 Å². The highest BCUT2D eigenvalue weighted by atomic mass is 32.2. The van der Waals surface area contributed by atoms with Gasteiger partial charge in [0.25, 0.3) is 0 Å². The first-order valence-corrected chi connectivity index (χ1v) is 8.93. The summed E-state index contributed by atoms with van der Waals surface area (Å²) in [6.45, 7) is 0.371. The molecule has 0 aliphatic rings. The third-order valence-corrected chi connectivity index (χ3v) is 4.01. The number of hydrogen-bond acceptors (Lipinski definition) is 7. The van der Waals surface area contributed by atoms with Crippen molar-refractivity contribution in [2.75, 3.05) is 29.4 Å². The number of nitrogens with one attached hydrogen (secondary N) is 2. The highest BCUT2D eigenvalue weighted by molar-refractivity contribution is 7.99. The first-order chi connectivity index (χ1) is 11.1. The van der Waals surface area contributed by atoms with E-state index in [1.165, 1.54) is 29.8 Å². The summed E-state index contributed by atoms with van der Waals surface area (Å²) in [5, 5.41) is 12.3. The Morgan fingerprint density at radius 2 is 1.91 bits per heavy atom. The molecular formula is C14H16F2N4OS2. The maximum Gasteiger partial charge on any atom is 0.191 e. The lowest BCUT2D eigenvalue weighted by Gasteiger charge is -2.09. The summed E-state index contributed by atoms with van der Waals surface area (Å²) in [7, 11) is 0. The van der Waals surface area contributed by atoms with E-state index in [-0.39, 0.29) is 6.61 Å². The molecule has 124 valence electrons. The van der Waals surface area contributed by atoms with Crippen LogP contribution in [-0.2, 0) is 5.75 Å². The van der Waals surface area contributed by atoms with E-state index in [0.717, 1.165) is 12.1 Å². The van der Waals surface area contributed by atoms with Gasteiger partial charge in [-0.2, -0.15) is 0 Å². The summed E-state index contributed by atoms with van der Waals surface area (Å²) in [5.41, 5.74) is 0.644. The summed E-state index contributed by atoms with van der Waals surface area (Å²) in [6.07, 6.45) is 1.87. The zero-order valence-corrected chi connectivity index (χ0v) is 14.0. The molecule has 0 atom stereocenters. The number of halogens is 2. The average molecular weight is 358 g/mol. The van der Waals surface area contributed by atoms with E-state index in [0.29, 0.717) is 34.7 Å². The molecule has 0 saturated heterocycles. The molecule has 0 radical (unpaired) electrons. The zero-order chi connectivity index (χ0) is 16.7. The van der Waals surface area contributed by atoms with Crippen molar-refractivity contribution >= 4 is 35.3 Å². The second-order valence-corrected chi connectivity index (χ2v) is 5.97. The molecular weight excluding hydrogens is 342 g/mol. The zero-order valence-electron chi connectivity index (χ0n) is 12.3. The van der Waals surface area contributed by atoms with Gasteiger partial charge in [0.15, 0.2) is 16.8 Å². The van der Waals surface area contributed by atoms with Gasteiger partial charge in [-0.05, 0) is 17.7 Å². The minimum atomic E-state index is -0.868. The van der Waals surface area contributed by atoms with Gasteiger partial charge in [-0.15, -0.1) is 0 Å². The van der Waals surface area contributed by atoms with Crippen LogP contribution < -0.4 is 10.0 Å². The highest BCUT2D eigenvalue weighted by Gasteiger charge is 2.07. The number of aliphatic hydroxyl groups is 1. The van der Waals surface area contributed by atoms with E-state index in [2.05, 4.69) is 20.0 Å². The molecule has 0 aliphatic heterocycles. The summed E-state index contributed by atoms with van der Waals surface area (Å²) in [5.74, 6) is -0.109. The molecule has 2 aromatic rings. The van der Waals surface area contributed by atoms with E-state index >= 15 is 0 Å². The number of aromatic nitrogens is 2. The Labute approximate surface area is 141 Å². The lowest BCUT2D eigenvalue weighted by atomic mass is 10.2. The number of hydrogen-bond donors (Lipinski definition) is 3. The van der Waals surface area contributed by atoms with Crippen LogP contribution in [-0.4, -0.2) is 34.5 Å². The Balaban J connectivity index is 2.10. The third kappa shape index (κ3) is 5.52. The summed E-state index contributed by atoms with van der Waals surface area (Å²) in [4.78, 5) is 8.66. The first kappa shape index (κ1) is 17.8. The van der Waals surface area contributed by atoms with Crippen LogP contribution >= 0.6 is 23.7 Å². The molecule has 0 spiro atoms. The minimum Gasteiger partial charge on any atom is -0.395 e. The van der Waals surface area contributed by atoms with Gasteiger partial charge < -0.3 is 15.1 Å². The van der Waals surface area contributed by atoms with Gasteiger partial charge in [-0.3, -0.25) is 0 Å². The third-order valence-electron chi connectivity index (χ3n) is 2.68. The average Bonchev–Trinajstić information content (AvgIpc) is 2.54. The lowest BCUT2D eigenvalue weighted by molar-refractivity contribution is 0.311. The van der Waals surface area contributed by atoms with E-state index < -0.39 is 11.6 Å². The second-order valence-electron chi connectivity index (χ2n) is 4.41. The van der Waals surface area contributed by atoms with E-state index in [9.17, 15) is 8.78 Å². The van der Waals surface area contributed by atoms with Crippen molar-refractivity contribution in [1.29, 1.82) is 0 Å². The molecule has 1 heterocycles. The van der Waals surface area contributed by atoms with Crippen LogP contribution in [0.1, 0.15) is 5.56 Å². The van der Waals surface area contributed by atoms with Crippen LogP contribution in [0, 0.1) is 11.6 Å². The van der Waals surface area contributed by atoms with Crippen LogP contribution in [0.4, 0.5) is 20.4 Å². The molecule has 2 rings (SSSR count). The molecule has 0 fully saturated rings. The molecule has 1 aromatic heterocycles. The summed E-state index contributed by atoms with van der Waals surface area (Å²) in [6, 6.07) is 5.53. The largest absolute Gasteiger partial charge is 0.395 e. The van der Waals surface area contributed by atoms with Gasteiger partial charge in [-0.25, -0.2) is 18.7 Å². The van der Waals surface area contributed by atoms with Gasteiger partial charge in [0.1, 0.15) is 11.6 Å². The van der Waals surface area contributed by atoms with Crippen LogP contribution in [0.15, 0.2) is 29.4 Å². The number of nitrogens with zero attached hydrogens (tertiary/aromatic N) is 2. The van der Waals surface area contributed by atoms with Gasteiger partial charge in [0.2, 0.25) is 0 Å². The Kier molecular flexibility index (Phi) is 6.87. The fourth-order valence-electron chi connectivity index (χ4n) is 1.70. The Morgan fingerprint density at radius 3 is 2.61 bits per heavy atom. The minimum absolute atomic E-state index is 0.00732. The summed E-state index contributed by atoms with van der Waals surface area (Å²) < 4.78 is 29.2. The van der Waals surface area contributed by atoms with E-state index in [1.54, 1.807) is 6.07 Å². The highest BCUT2D eigenvalue weighted by Crippen LogP contribution is 2.24. The topological polar surface area (TPSA) is 70.1 Å². The molecule has 1 aromatic carbocycles. The van der Waals surface area contributed by atoms with Crippen LogP contribution in [0.3, 0.4) is 0 Å². The smallest absolute Gasteiger partial charge is 0.191 e. The van der Waals surface area contributed by atoms with Gasteiger partial charge in [0, 0.05) is 24.6 Å². The molecule has 3 N–H and O–H groups in total. The van der Waals surface area contributed by atoms with Crippen molar-refractivity contribution in [3.63, 3.8) is 0 Å². The molecule has 0 aliphatic carbocycles. The second kappa shape index (κ2) is 8.90. The van der Waals surface area contributed by atoms with Crippen LogP contribution in [0.25, 0.3) is 0 Å². The van der Waals surface area contributed by atoms with E-state index in [1.807, 2.05) is 6.26 Å². The summed E-state index contributed by atoms with van der Waals surface area (Å²) >= 11 is 2.71. The fourth-order valence-corrected chi connectivity index (χ4v) is 2.81. The molecule has 23 heavy (non-hydrogen) atoms. The van der Waals surface area contributed by atoms with E-state index in [4.69, 9.17) is 5.11 Å². The SMILES string of the molecule is CSNc1cc(NCCO)nc(SCc2ccc(F)c(F)c2)n1. The van der Waals surface area contributed by atoms with Crippen molar-refractivity contribution in [2.24, 2.45) is 0 Å². The van der Waals surface area contributed by atoms with Crippen molar-refractivity contribution in [3.8, 4) is 0 Å². The van der Waals surface area contributed by atoms with Gasteiger partial charge in [-0.1, -0.05) is 29.8 Å². The molecule has 0 bridgehead atoms. The number of benzene rings is 1.